The molecule has 0 aromatic rings. The Balaban J connectivity index is 2.25. The van der Waals surface area contributed by atoms with Gasteiger partial charge in [0.2, 0.25) is 0 Å². The highest BCUT2D eigenvalue weighted by molar-refractivity contribution is 5.79. The quantitative estimate of drug-likeness (QED) is 0.191. The molecule has 0 bridgehead atoms. The number of rotatable bonds is 10. The number of allylic oxidation sites excluding steroid dienone is 1. The van der Waals surface area contributed by atoms with Gasteiger partial charge in [0, 0.05) is 0 Å². The molecule has 2 fully saturated rings. The monoisotopic (exact) mass is 479 g/mol. The van der Waals surface area contributed by atoms with Crippen molar-refractivity contribution in [3.63, 3.8) is 0 Å². The maximum Gasteiger partial charge on any atom is 0.412 e. The number of amides is 1. The van der Waals surface area contributed by atoms with Crippen molar-refractivity contribution in [1.29, 1.82) is 0 Å². The van der Waals surface area contributed by atoms with Gasteiger partial charge in [-0.2, -0.15) is 0 Å². The predicted molar refractivity (Wildman–Crippen MR) is 135 cm³/mol. The molecule has 3 atom stereocenters. The van der Waals surface area contributed by atoms with Crippen LogP contribution in [0.3, 0.4) is 0 Å². The Kier molecular flexibility index (Phi) is 10.5. The molecule has 6 heteroatoms. The molecule has 2 aliphatic rings. The van der Waals surface area contributed by atoms with Gasteiger partial charge in [-0.15, -0.1) is 6.58 Å². The van der Waals surface area contributed by atoms with Crippen molar-refractivity contribution in [2.24, 2.45) is 11.8 Å². The van der Waals surface area contributed by atoms with Crippen LogP contribution in [0.15, 0.2) is 12.7 Å². The Hall–Kier alpha value is -1.56. The van der Waals surface area contributed by atoms with E-state index in [0.717, 1.165) is 44.9 Å². The zero-order valence-electron chi connectivity index (χ0n) is 22.7. The zero-order chi connectivity index (χ0) is 25.5. The molecule has 0 N–H and O–H groups in total. The van der Waals surface area contributed by atoms with Gasteiger partial charge in [0.05, 0.1) is 6.04 Å². The van der Waals surface area contributed by atoms with E-state index in [4.69, 9.17) is 14.2 Å². The summed E-state index contributed by atoms with van der Waals surface area (Å²) < 4.78 is 18.1. The predicted octanol–water partition coefficient (Wildman–Crippen LogP) is 7.01. The average molecular weight is 480 g/mol. The number of ether oxygens (including phenoxy) is 3. The molecule has 1 saturated carbocycles. The second-order valence-corrected chi connectivity index (χ2v) is 12.1. The molecule has 34 heavy (non-hydrogen) atoms. The first-order valence-corrected chi connectivity index (χ1v) is 13.4. The Morgan fingerprint density at radius 3 is 2.38 bits per heavy atom. The average Bonchev–Trinajstić information content (AvgIpc) is 2.97. The minimum Gasteiger partial charge on any atom is -0.460 e. The molecule has 0 spiro atoms. The van der Waals surface area contributed by atoms with Crippen molar-refractivity contribution in [2.45, 2.75) is 142 Å². The number of esters is 1. The Morgan fingerprint density at radius 2 is 1.82 bits per heavy atom. The summed E-state index contributed by atoms with van der Waals surface area (Å²) in [6.45, 7) is 17.3. The third-order valence-electron chi connectivity index (χ3n) is 6.75. The van der Waals surface area contributed by atoms with Gasteiger partial charge >= 0.3 is 12.1 Å². The van der Waals surface area contributed by atoms with E-state index in [1.54, 1.807) is 4.90 Å². The largest absolute Gasteiger partial charge is 0.460 e. The number of hydrogen-bond acceptors (Lipinski definition) is 5. The molecule has 1 saturated heterocycles. The summed E-state index contributed by atoms with van der Waals surface area (Å²) in [5, 5.41) is 0. The van der Waals surface area contributed by atoms with Gasteiger partial charge in [0.25, 0.3) is 0 Å². The normalized spacial score (nSPS) is 24.2. The van der Waals surface area contributed by atoms with E-state index in [2.05, 4.69) is 20.4 Å². The van der Waals surface area contributed by atoms with Gasteiger partial charge in [-0.05, 0) is 78.6 Å². The smallest absolute Gasteiger partial charge is 0.412 e. The molecular weight excluding hydrogens is 430 g/mol. The lowest BCUT2D eigenvalue weighted by Gasteiger charge is -2.36. The Labute approximate surface area is 207 Å². The topological polar surface area (TPSA) is 65.1 Å². The van der Waals surface area contributed by atoms with Crippen LogP contribution in [0.25, 0.3) is 0 Å². The van der Waals surface area contributed by atoms with Gasteiger partial charge in [-0.1, -0.05) is 52.0 Å². The van der Waals surface area contributed by atoms with Gasteiger partial charge < -0.3 is 14.2 Å². The first kappa shape index (κ1) is 28.7. The van der Waals surface area contributed by atoms with E-state index < -0.39 is 29.6 Å². The lowest BCUT2D eigenvalue weighted by molar-refractivity contribution is -0.168. The molecule has 0 radical (unpaired) electrons. The summed E-state index contributed by atoms with van der Waals surface area (Å²) in [6, 6.07) is -0.395. The van der Waals surface area contributed by atoms with Crippen LogP contribution in [-0.2, 0) is 19.0 Å². The van der Waals surface area contributed by atoms with Crippen molar-refractivity contribution < 1.29 is 23.8 Å². The second-order valence-electron chi connectivity index (χ2n) is 12.1. The van der Waals surface area contributed by atoms with E-state index >= 15 is 0 Å². The van der Waals surface area contributed by atoms with E-state index in [0.29, 0.717) is 11.8 Å². The van der Waals surface area contributed by atoms with Crippen molar-refractivity contribution in [3.05, 3.63) is 12.7 Å². The molecule has 0 aromatic heterocycles. The number of hydrogen-bond donors (Lipinski definition) is 0. The Bertz CT molecular complexity index is 675. The molecular formula is C28H49NO5. The summed E-state index contributed by atoms with van der Waals surface area (Å²) in [6.07, 6.45) is 10.6. The van der Waals surface area contributed by atoms with Crippen LogP contribution in [0, 0.1) is 11.8 Å². The summed E-state index contributed by atoms with van der Waals surface area (Å²) in [7, 11) is 0. The molecule has 1 unspecified atom stereocenters. The summed E-state index contributed by atoms with van der Waals surface area (Å²) in [5.41, 5.74) is -1.59. The third-order valence-corrected chi connectivity index (χ3v) is 6.75. The first-order chi connectivity index (χ1) is 15.8. The Morgan fingerprint density at radius 1 is 1.18 bits per heavy atom. The number of carbonyl (C=O) groups excluding carboxylic acids is 2. The van der Waals surface area contributed by atoms with E-state index in [1.165, 1.54) is 19.3 Å². The van der Waals surface area contributed by atoms with Crippen molar-refractivity contribution >= 4 is 12.1 Å². The van der Waals surface area contributed by atoms with Gasteiger partial charge in [0.15, 0.2) is 6.10 Å². The summed E-state index contributed by atoms with van der Waals surface area (Å²) in [5.74, 6) is 0.526. The molecule has 1 aliphatic heterocycles. The summed E-state index contributed by atoms with van der Waals surface area (Å²) in [4.78, 5) is 28.5. The molecule has 1 amide bonds. The van der Waals surface area contributed by atoms with Crippen LogP contribution in [-0.4, -0.2) is 46.5 Å². The highest BCUT2D eigenvalue weighted by Crippen LogP contribution is 2.40. The maximum absolute atomic E-state index is 13.5. The minimum atomic E-state index is -0.957. The number of unbranched alkanes of at least 4 members (excludes halogenated alkanes) is 1. The molecule has 0 aromatic carbocycles. The molecule has 1 heterocycles. The fraction of sp³-hybridized carbons (Fsp3) is 0.857. The molecule has 1 aliphatic carbocycles. The van der Waals surface area contributed by atoms with E-state index in [-0.39, 0.29) is 12.1 Å². The first-order valence-electron chi connectivity index (χ1n) is 13.4. The maximum atomic E-state index is 13.5. The number of carbonyl (C=O) groups is 2. The highest BCUT2D eigenvalue weighted by atomic mass is 16.6. The van der Waals surface area contributed by atoms with Gasteiger partial charge in [-0.25, -0.2) is 9.59 Å². The van der Waals surface area contributed by atoms with Crippen LogP contribution in [0.2, 0.25) is 0 Å². The van der Waals surface area contributed by atoms with Crippen molar-refractivity contribution in [3.8, 4) is 0 Å². The minimum absolute atomic E-state index is 0.162. The van der Waals surface area contributed by atoms with Gasteiger partial charge in [0.1, 0.15) is 17.4 Å². The van der Waals surface area contributed by atoms with Crippen LogP contribution >= 0.6 is 0 Å². The third kappa shape index (κ3) is 8.58. The van der Waals surface area contributed by atoms with Crippen LogP contribution < -0.4 is 0 Å². The molecule has 2 rings (SSSR count). The molecule has 196 valence electrons. The van der Waals surface area contributed by atoms with Crippen LogP contribution in [0.1, 0.15) is 113 Å². The standard InChI is InChI=1S/C28H49NO5/c1-9-10-12-17-22(18-20(2)3)32-25(30)24-23(19-21-15-13-11-14-16-21)29(28(7,8)33-24)26(31)34-27(4,5)6/h9,20-24H,1,10-19H2,2-8H3/t22?,23-,24+/m0/s1. The van der Waals surface area contributed by atoms with E-state index in [1.807, 2.05) is 40.7 Å². The lowest BCUT2D eigenvalue weighted by Crippen LogP contribution is -2.51. The highest BCUT2D eigenvalue weighted by Gasteiger charge is 2.55. The summed E-state index contributed by atoms with van der Waals surface area (Å²) >= 11 is 0. The SMILES string of the molecule is C=CCCCC(CC(C)C)OC(=O)[C@@H]1OC(C)(C)N(C(=O)OC(C)(C)C)[C@H]1CC1CCCCC1. The zero-order valence-corrected chi connectivity index (χ0v) is 22.7. The lowest BCUT2D eigenvalue weighted by atomic mass is 9.83. The fourth-order valence-corrected chi connectivity index (χ4v) is 5.32. The molecule has 6 nitrogen and oxygen atoms in total. The van der Waals surface area contributed by atoms with Crippen LogP contribution in [0.4, 0.5) is 4.79 Å². The van der Waals surface area contributed by atoms with Gasteiger partial charge in [-0.3, -0.25) is 4.90 Å². The van der Waals surface area contributed by atoms with E-state index in [9.17, 15) is 9.59 Å². The van der Waals surface area contributed by atoms with Crippen molar-refractivity contribution in [2.75, 3.05) is 0 Å². The van der Waals surface area contributed by atoms with Crippen LogP contribution in [0.5, 0.6) is 0 Å². The second kappa shape index (κ2) is 12.4. The number of nitrogens with zero attached hydrogens (tertiary/aromatic N) is 1. The fourth-order valence-electron chi connectivity index (χ4n) is 5.32. The van der Waals surface area contributed by atoms with Crippen molar-refractivity contribution in [1.82, 2.24) is 4.90 Å².